The minimum absolute atomic E-state index is 0.197. The van der Waals surface area contributed by atoms with Gasteiger partial charge in [0.25, 0.3) is 0 Å². The number of nitrogens with zero attached hydrogens (tertiary/aromatic N) is 2. The normalized spacial score (nSPS) is 14.5. The van der Waals surface area contributed by atoms with Crippen molar-refractivity contribution in [1.82, 2.24) is 9.88 Å². The SMILES string of the molecule is COC(=O)c1ccc(N)c(OCCN(C)C2CC2)n1. The number of pyridine rings is 1. The van der Waals surface area contributed by atoms with Crippen molar-refractivity contribution < 1.29 is 14.3 Å². The van der Waals surface area contributed by atoms with Gasteiger partial charge in [-0.05, 0) is 32.0 Å². The summed E-state index contributed by atoms with van der Waals surface area (Å²) in [6.45, 7) is 1.31. The number of hydrogen-bond acceptors (Lipinski definition) is 6. The van der Waals surface area contributed by atoms with E-state index < -0.39 is 5.97 Å². The van der Waals surface area contributed by atoms with Crippen LogP contribution in [0.4, 0.5) is 5.69 Å². The van der Waals surface area contributed by atoms with Crippen LogP contribution >= 0.6 is 0 Å². The first-order valence-electron chi connectivity index (χ1n) is 6.29. The van der Waals surface area contributed by atoms with Gasteiger partial charge in [-0.3, -0.25) is 0 Å². The number of carbonyl (C=O) groups excluding carboxylic acids is 1. The summed E-state index contributed by atoms with van der Waals surface area (Å²) in [5.74, 6) is -0.216. The summed E-state index contributed by atoms with van der Waals surface area (Å²) in [5.41, 5.74) is 6.38. The second-order valence-corrected chi connectivity index (χ2v) is 4.64. The summed E-state index contributed by atoms with van der Waals surface area (Å²) in [7, 11) is 3.38. The van der Waals surface area contributed by atoms with E-state index in [1.165, 1.54) is 26.0 Å². The third kappa shape index (κ3) is 3.57. The molecule has 1 aromatic rings. The summed E-state index contributed by atoms with van der Waals surface area (Å²) in [6.07, 6.45) is 2.52. The highest BCUT2D eigenvalue weighted by molar-refractivity contribution is 5.87. The zero-order valence-corrected chi connectivity index (χ0v) is 11.3. The van der Waals surface area contributed by atoms with Crippen LogP contribution in [-0.4, -0.2) is 49.2 Å². The lowest BCUT2D eigenvalue weighted by Gasteiger charge is -2.16. The van der Waals surface area contributed by atoms with Crippen molar-refractivity contribution in [2.45, 2.75) is 18.9 Å². The van der Waals surface area contributed by atoms with Crippen molar-refractivity contribution in [2.75, 3.05) is 33.0 Å². The van der Waals surface area contributed by atoms with Crippen molar-refractivity contribution in [3.05, 3.63) is 17.8 Å². The average Bonchev–Trinajstić information content (AvgIpc) is 3.24. The van der Waals surface area contributed by atoms with Gasteiger partial charge in [-0.1, -0.05) is 0 Å². The maximum absolute atomic E-state index is 11.4. The van der Waals surface area contributed by atoms with E-state index in [2.05, 4.69) is 21.7 Å². The Morgan fingerprint density at radius 1 is 1.53 bits per heavy atom. The highest BCUT2D eigenvalue weighted by Crippen LogP contribution is 2.25. The van der Waals surface area contributed by atoms with E-state index in [4.69, 9.17) is 10.5 Å². The molecule has 0 spiro atoms. The van der Waals surface area contributed by atoms with Gasteiger partial charge in [0, 0.05) is 12.6 Å². The van der Waals surface area contributed by atoms with E-state index in [9.17, 15) is 4.79 Å². The van der Waals surface area contributed by atoms with Gasteiger partial charge in [-0.25, -0.2) is 9.78 Å². The molecule has 0 saturated heterocycles. The zero-order chi connectivity index (χ0) is 13.8. The summed E-state index contributed by atoms with van der Waals surface area (Å²) >= 11 is 0. The Morgan fingerprint density at radius 2 is 2.26 bits per heavy atom. The Hall–Kier alpha value is -1.82. The Balaban J connectivity index is 1.92. The van der Waals surface area contributed by atoms with Crippen LogP contribution < -0.4 is 10.5 Å². The van der Waals surface area contributed by atoms with E-state index in [1.54, 1.807) is 6.07 Å². The monoisotopic (exact) mass is 265 g/mol. The molecular formula is C13H19N3O3. The van der Waals surface area contributed by atoms with Crippen molar-refractivity contribution in [3.8, 4) is 5.88 Å². The van der Waals surface area contributed by atoms with Gasteiger partial charge in [-0.15, -0.1) is 0 Å². The smallest absolute Gasteiger partial charge is 0.356 e. The maximum atomic E-state index is 11.4. The van der Waals surface area contributed by atoms with Gasteiger partial charge in [0.15, 0.2) is 5.69 Å². The Kier molecular flexibility index (Phi) is 4.21. The number of nitrogen functional groups attached to an aromatic ring is 1. The fraction of sp³-hybridized carbons (Fsp3) is 0.538. The molecule has 0 bridgehead atoms. The number of aromatic nitrogens is 1. The molecule has 2 N–H and O–H groups in total. The van der Waals surface area contributed by atoms with Gasteiger partial charge in [-0.2, -0.15) is 0 Å². The summed E-state index contributed by atoms with van der Waals surface area (Å²) in [6, 6.07) is 3.80. The molecule has 1 aromatic heterocycles. The molecule has 19 heavy (non-hydrogen) atoms. The molecule has 1 aliphatic carbocycles. The Bertz CT molecular complexity index is 460. The number of rotatable bonds is 6. The molecule has 1 saturated carbocycles. The summed E-state index contributed by atoms with van der Waals surface area (Å²) in [5, 5.41) is 0. The van der Waals surface area contributed by atoms with Crippen LogP contribution in [-0.2, 0) is 4.74 Å². The van der Waals surface area contributed by atoms with Gasteiger partial charge in [0.1, 0.15) is 6.61 Å². The van der Waals surface area contributed by atoms with Crippen LogP contribution in [0.15, 0.2) is 12.1 Å². The standard InChI is InChI=1S/C13H19N3O3/c1-16(9-3-4-9)7-8-19-12-10(14)5-6-11(15-12)13(17)18-2/h5-6,9H,3-4,7-8,14H2,1-2H3. The maximum Gasteiger partial charge on any atom is 0.356 e. The fourth-order valence-corrected chi connectivity index (χ4v) is 1.77. The third-order valence-corrected chi connectivity index (χ3v) is 3.14. The largest absolute Gasteiger partial charge is 0.475 e. The fourth-order valence-electron chi connectivity index (χ4n) is 1.77. The predicted octanol–water partition coefficient (Wildman–Crippen LogP) is 0.923. The molecule has 2 rings (SSSR count). The Labute approximate surface area is 112 Å². The lowest BCUT2D eigenvalue weighted by molar-refractivity contribution is 0.0592. The van der Waals surface area contributed by atoms with E-state index in [-0.39, 0.29) is 11.6 Å². The molecular weight excluding hydrogens is 246 g/mol. The molecule has 104 valence electrons. The van der Waals surface area contributed by atoms with Crippen molar-refractivity contribution in [3.63, 3.8) is 0 Å². The molecule has 6 nitrogen and oxygen atoms in total. The number of likely N-dealkylation sites (N-methyl/N-ethyl adjacent to an activating group) is 1. The van der Waals surface area contributed by atoms with Crippen molar-refractivity contribution in [2.24, 2.45) is 0 Å². The second kappa shape index (κ2) is 5.88. The molecule has 0 unspecified atom stereocenters. The van der Waals surface area contributed by atoms with Crippen molar-refractivity contribution in [1.29, 1.82) is 0 Å². The number of hydrogen-bond donors (Lipinski definition) is 1. The first-order valence-corrected chi connectivity index (χ1v) is 6.29. The minimum atomic E-state index is -0.500. The summed E-state index contributed by atoms with van der Waals surface area (Å²) in [4.78, 5) is 17.7. The van der Waals surface area contributed by atoms with Crippen LogP contribution in [0.5, 0.6) is 5.88 Å². The number of carbonyl (C=O) groups is 1. The molecule has 0 aromatic carbocycles. The van der Waals surface area contributed by atoms with Crippen LogP contribution in [0.25, 0.3) is 0 Å². The van der Waals surface area contributed by atoms with Gasteiger partial charge < -0.3 is 20.1 Å². The molecule has 1 heterocycles. The highest BCUT2D eigenvalue weighted by Gasteiger charge is 2.25. The van der Waals surface area contributed by atoms with Gasteiger partial charge in [0.2, 0.25) is 5.88 Å². The third-order valence-electron chi connectivity index (χ3n) is 3.14. The van der Waals surface area contributed by atoms with Gasteiger partial charge in [0.05, 0.1) is 12.8 Å². The molecule has 1 aliphatic rings. The van der Waals surface area contributed by atoms with Crippen LogP contribution in [0.3, 0.4) is 0 Å². The minimum Gasteiger partial charge on any atom is -0.475 e. The Morgan fingerprint density at radius 3 is 2.89 bits per heavy atom. The van der Waals surface area contributed by atoms with Crippen LogP contribution in [0, 0.1) is 0 Å². The average molecular weight is 265 g/mol. The number of nitrogens with two attached hydrogens (primary N) is 1. The lowest BCUT2D eigenvalue weighted by atomic mass is 10.3. The molecule has 1 fully saturated rings. The number of anilines is 1. The van der Waals surface area contributed by atoms with Crippen LogP contribution in [0.1, 0.15) is 23.3 Å². The molecule has 6 heteroatoms. The van der Waals surface area contributed by atoms with Crippen molar-refractivity contribution >= 4 is 11.7 Å². The summed E-state index contributed by atoms with van der Waals surface area (Å²) < 4.78 is 10.1. The second-order valence-electron chi connectivity index (χ2n) is 4.64. The molecule has 0 radical (unpaired) electrons. The topological polar surface area (TPSA) is 77.7 Å². The zero-order valence-electron chi connectivity index (χ0n) is 11.3. The number of ether oxygens (including phenoxy) is 2. The van der Waals surface area contributed by atoms with E-state index in [1.807, 2.05) is 0 Å². The molecule has 0 amide bonds. The van der Waals surface area contributed by atoms with E-state index >= 15 is 0 Å². The first kappa shape index (κ1) is 13.6. The van der Waals surface area contributed by atoms with Gasteiger partial charge >= 0.3 is 5.97 Å². The lowest BCUT2D eigenvalue weighted by Crippen LogP contribution is -2.26. The molecule has 0 atom stereocenters. The highest BCUT2D eigenvalue weighted by atomic mass is 16.5. The van der Waals surface area contributed by atoms with E-state index in [0.717, 1.165) is 6.54 Å². The predicted molar refractivity (Wildman–Crippen MR) is 71.1 cm³/mol. The van der Waals surface area contributed by atoms with E-state index in [0.29, 0.717) is 18.3 Å². The van der Waals surface area contributed by atoms with Crippen LogP contribution in [0.2, 0.25) is 0 Å². The first-order chi connectivity index (χ1) is 9.11. The number of methoxy groups -OCH3 is 1. The number of esters is 1. The molecule has 0 aliphatic heterocycles. The quantitative estimate of drug-likeness (QED) is 0.771.